The van der Waals surface area contributed by atoms with Gasteiger partial charge in [0.1, 0.15) is 5.75 Å². The van der Waals surface area contributed by atoms with E-state index in [1.807, 2.05) is 24.3 Å². The summed E-state index contributed by atoms with van der Waals surface area (Å²) in [5.41, 5.74) is 1.14. The van der Waals surface area contributed by atoms with Gasteiger partial charge in [-0.05, 0) is 30.0 Å². The molecule has 1 N–H and O–H groups in total. The standard InChI is InChI=1S/C16H25NO2/c1-4-13(5-2)12-17-16(18)10-9-14-7-6-8-15(11-14)19-3/h6-8,11,13H,4-5,9-10,12H2,1-3H3,(H,17,18). The van der Waals surface area contributed by atoms with E-state index in [1.165, 1.54) is 0 Å². The summed E-state index contributed by atoms with van der Waals surface area (Å²) in [5, 5.41) is 3.01. The molecule has 0 atom stereocenters. The van der Waals surface area contributed by atoms with E-state index in [-0.39, 0.29) is 5.91 Å². The average Bonchev–Trinajstić information content (AvgIpc) is 2.46. The first kappa shape index (κ1) is 15.5. The molecule has 1 aromatic rings. The molecule has 106 valence electrons. The van der Waals surface area contributed by atoms with E-state index in [2.05, 4.69) is 19.2 Å². The number of hydrogen-bond acceptors (Lipinski definition) is 2. The zero-order valence-electron chi connectivity index (χ0n) is 12.2. The largest absolute Gasteiger partial charge is 0.497 e. The molecule has 0 aliphatic rings. The van der Waals surface area contributed by atoms with Gasteiger partial charge >= 0.3 is 0 Å². The average molecular weight is 263 g/mol. The zero-order valence-corrected chi connectivity index (χ0v) is 12.2. The molecule has 1 aromatic carbocycles. The lowest BCUT2D eigenvalue weighted by atomic mass is 10.0. The minimum absolute atomic E-state index is 0.134. The number of ether oxygens (including phenoxy) is 1. The van der Waals surface area contributed by atoms with Crippen LogP contribution < -0.4 is 10.1 Å². The van der Waals surface area contributed by atoms with Gasteiger partial charge in [-0.25, -0.2) is 0 Å². The fourth-order valence-corrected chi connectivity index (χ4v) is 2.01. The monoisotopic (exact) mass is 263 g/mol. The van der Waals surface area contributed by atoms with Crippen LogP contribution >= 0.6 is 0 Å². The minimum atomic E-state index is 0.134. The number of amides is 1. The number of benzene rings is 1. The maximum Gasteiger partial charge on any atom is 0.220 e. The Morgan fingerprint density at radius 3 is 2.68 bits per heavy atom. The van der Waals surface area contributed by atoms with Crippen molar-refractivity contribution in [2.75, 3.05) is 13.7 Å². The van der Waals surface area contributed by atoms with Gasteiger partial charge in [-0.2, -0.15) is 0 Å². The number of carbonyl (C=O) groups is 1. The fourth-order valence-electron chi connectivity index (χ4n) is 2.01. The van der Waals surface area contributed by atoms with Crippen molar-refractivity contribution in [1.29, 1.82) is 0 Å². The van der Waals surface area contributed by atoms with Crippen molar-refractivity contribution in [3.05, 3.63) is 29.8 Å². The summed E-state index contributed by atoms with van der Waals surface area (Å²) in [5.74, 6) is 1.57. The molecule has 0 aromatic heterocycles. The van der Waals surface area contributed by atoms with Gasteiger partial charge in [-0.1, -0.05) is 38.8 Å². The molecule has 0 saturated carbocycles. The molecule has 0 aliphatic carbocycles. The summed E-state index contributed by atoms with van der Waals surface area (Å²) in [6, 6.07) is 7.87. The number of nitrogens with one attached hydrogen (secondary N) is 1. The normalized spacial score (nSPS) is 10.5. The van der Waals surface area contributed by atoms with Crippen molar-refractivity contribution in [3.8, 4) is 5.75 Å². The Kier molecular flexibility index (Phi) is 7.01. The van der Waals surface area contributed by atoms with Gasteiger partial charge in [-0.15, -0.1) is 0 Å². The van der Waals surface area contributed by atoms with Crippen LogP contribution in [0.1, 0.15) is 38.7 Å². The molecule has 0 aliphatic heterocycles. The van der Waals surface area contributed by atoms with E-state index < -0.39 is 0 Å². The molecule has 3 heteroatoms. The Morgan fingerprint density at radius 2 is 2.05 bits per heavy atom. The Hall–Kier alpha value is -1.51. The first-order chi connectivity index (χ1) is 9.19. The van der Waals surface area contributed by atoms with Crippen LogP contribution in [-0.4, -0.2) is 19.6 Å². The smallest absolute Gasteiger partial charge is 0.220 e. The van der Waals surface area contributed by atoms with E-state index >= 15 is 0 Å². The number of methoxy groups -OCH3 is 1. The van der Waals surface area contributed by atoms with Crippen molar-refractivity contribution < 1.29 is 9.53 Å². The zero-order chi connectivity index (χ0) is 14.1. The molecule has 0 saturated heterocycles. The highest BCUT2D eigenvalue weighted by Gasteiger charge is 2.07. The van der Waals surface area contributed by atoms with E-state index in [4.69, 9.17) is 4.74 Å². The Labute approximate surface area is 116 Å². The molecule has 1 rings (SSSR count). The molecule has 0 bridgehead atoms. The number of hydrogen-bond donors (Lipinski definition) is 1. The SMILES string of the molecule is CCC(CC)CNC(=O)CCc1cccc(OC)c1. The lowest BCUT2D eigenvalue weighted by Gasteiger charge is -2.13. The summed E-state index contributed by atoms with van der Waals surface area (Å²) < 4.78 is 5.17. The Balaban J connectivity index is 2.33. The minimum Gasteiger partial charge on any atom is -0.497 e. The van der Waals surface area contributed by atoms with Crippen LogP contribution in [0.4, 0.5) is 0 Å². The van der Waals surface area contributed by atoms with Gasteiger partial charge in [0.25, 0.3) is 0 Å². The van der Waals surface area contributed by atoms with Crippen LogP contribution in [0, 0.1) is 5.92 Å². The topological polar surface area (TPSA) is 38.3 Å². The molecule has 0 heterocycles. The third kappa shape index (κ3) is 5.77. The third-order valence-electron chi connectivity index (χ3n) is 3.52. The van der Waals surface area contributed by atoms with Crippen LogP contribution in [-0.2, 0) is 11.2 Å². The van der Waals surface area contributed by atoms with E-state index in [1.54, 1.807) is 7.11 Å². The molecular weight excluding hydrogens is 238 g/mol. The van der Waals surface area contributed by atoms with Crippen molar-refractivity contribution in [2.45, 2.75) is 39.5 Å². The maximum absolute atomic E-state index is 11.8. The molecule has 1 amide bonds. The summed E-state index contributed by atoms with van der Waals surface area (Å²) in [7, 11) is 1.65. The highest BCUT2D eigenvalue weighted by atomic mass is 16.5. The molecule has 0 spiro atoms. The second-order valence-electron chi connectivity index (χ2n) is 4.84. The summed E-state index contributed by atoms with van der Waals surface area (Å²) in [4.78, 5) is 11.8. The van der Waals surface area contributed by atoms with Gasteiger partial charge in [-0.3, -0.25) is 4.79 Å². The quantitative estimate of drug-likeness (QED) is 0.782. The second-order valence-corrected chi connectivity index (χ2v) is 4.84. The van der Waals surface area contributed by atoms with E-state index in [9.17, 15) is 4.79 Å². The number of aryl methyl sites for hydroxylation is 1. The van der Waals surface area contributed by atoms with Gasteiger partial charge in [0.2, 0.25) is 5.91 Å². The molecule has 3 nitrogen and oxygen atoms in total. The fraction of sp³-hybridized carbons (Fsp3) is 0.562. The second kappa shape index (κ2) is 8.57. The molecule has 19 heavy (non-hydrogen) atoms. The molecular formula is C16H25NO2. The van der Waals surface area contributed by atoms with Crippen LogP contribution in [0.15, 0.2) is 24.3 Å². The first-order valence-electron chi connectivity index (χ1n) is 7.09. The van der Waals surface area contributed by atoms with Crippen LogP contribution in [0.25, 0.3) is 0 Å². The third-order valence-corrected chi connectivity index (χ3v) is 3.52. The van der Waals surface area contributed by atoms with E-state index in [0.29, 0.717) is 12.3 Å². The van der Waals surface area contributed by atoms with Crippen LogP contribution in [0.2, 0.25) is 0 Å². The lowest BCUT2D eigenvalue weighted by Crippen LogP contribution is -2.29. The summed E-state index contributed by atoms with van der Waals surface area (Å²) in [6.45, 7) is 5.12. The number of rotatable bonds is 8. The number of carbonyl (C=O) groups excluding carboxylic acids is 1. The van der Waals surface area contributed by atoms with Crippen molar-refractivity contribution in [2.24, 2.45) is 5.92 Å². The Bertz CT molecular complexity index is 386. The van der Waals surface area contributed by atoms with Gasteiger partial charge < -0.3 is 10.1 Å². The van der Waals surface area contributed by atoms with Gasteiger partial charge in [0, 0.05) is 13.0 Å². The van der Waals surface area contributed by atoms with Crippen LogP contribution in [0.5, 0.6) is 5.75 Å². The molecule has 0 unspecified atom stereocenters. The predicted molar refractivity (Wildman–Crippen MR) is 78.4 cm³/mol. The van der Waals surface area contributed by atoms with Crippen molar-refractivity contribution in [3.63, 3.8) is 0 Å². The Morgan fingerprint density at radius 1 is 1.32 bits per heavy atom. The summed E-state index contributed by atoms with van der Waals surface area (Å²) in [6.07, 6.45) is 3.53. The van der Waals surface area contributed by atoms with Crippen molar-refractivity contribution in [1.82, 2.24) is 5.32 Å². The van der Waals surface area contributed by atoms with Crippen LogP contribution in [0.3, 0.4) is 0 Å². The lowest BCUT2D eigenvalue weighted by molar-refractivity contribution is -0.121. The highest BCUT2D eigenvalue weighted by Crippen LogP contribution is 2.14. The maximum atomic E-state index is 11.8. The van der Waals surface area contributed by atoms with E-state index in [0.717, 1.165) is 37.1 Å². The van der Waals surface area contributed by atoms with Gasteiger partial charge in [0.05, 0.1) is 7.11 Å². The summed E-state index contributed by atoms with van der Waals surface area (Å²) >= 11 is 0. The predicted octanol–water partition coefficient (Wildman–Crippen LogP) is 3.18. The first-order valence-corrected chi connectivity index (χ1v) is 7.09. The van der Waals surface area contributed by atoms with Crippen molar-refractivity contribution >= 4 is 5.91 Å². The molecule has 0 fully saturated rings. The van der Waals surface area contributed by atoms with Gasteiger partial charge in [0.15, 0.2) is 0 Å². The molecule has 0 radical (unpaired) electrons. The highest BCUT2D eigenvalue weighted by molar-refractivity contribution is 5.76.